The van der Waals surface area contributed by atoms with Gasteiger partial charge in [0, 0.05) is 18.2 Å². The molecule has 0 radical (unpaired) electrons. The van der Waals surface area contributed by atoms with Crippen LogP contribution >= 0.6 is 0 Å². The lowest BCUT2D eigenvalue weighted by molar-refractivity contribution is 0.307. The summed E-state index contributed by atoms with van der Waals surface area (Å²) in [6.45, 7) is 2.83. The minimum absolute atomic E-state index is 0.121. The van der Waals surface area contributed by atoms with Gasteiger partial charge in [0.25, 0.3) is 5.56 Å². The first-order valence-electron chi connectivity index (χ1n) is 7.75. The van der Waals surface area contributed by atoms with Crippen molar-refractivity contribution in [2.24, 2.45) is 0 Å². The number of anilines is 1. The highest BCUT2D eigenvalue weighted by Crippen LogP contribution is 2.24. The quantitative estimate of drug-likeness (QED) is 0.609. The molecule has 6 heteroatoms. The number of nitrogens with one attached hydrogen (secondary N) is 2. The number of aromatic nitrogens is 3. The number of unbranched alkanes of at least 4 members (excludes halogenated alkanes) is 1. The van der Waals surface area contributed by atoms with E-state index >= 15 is 0 Å². The van der Waals surface area contributed by atoms with Crippen molar-refractivity contribution >= 4 is 17.0 Å². The molecule has 0 saturated carbocycles. The molecule has 0 saturated heterocycles. The molecule has 3 rings (SSSR count). The molecule has 0 aliphatic carbocycles. The number of para-hydroxylation sites is 1. The average molecular weight is 312 g/mol. The van der Waals surface area contributed by atoms with Gasteiger partial charge in [0.2, 0.25) is 5.95 Å². The fraction of sp³-hybridized carbons (Fsp3) is 0.294. The van der Waals surface area contributed by atoms with Crippen LogP contribution in [0.25, 0.3) is 11.0 Å². The molecular weight excluding hydrogens is 292 g/mol. The third-order valence-corrected chi connectivity index (χ3v) is 3.74. The van der Waals surface area contributed by atoms with Crippen molar-refractivity contribution in [2.75, 3.05) is 12.3 Å². The third-order valence-electron chi connectivity index (χ3n) is 3.74. The van der Waals surface area contributed by atoms with E-state index in [9.17, 15) is 4.79 Å². The van der Waals surface area contributed by atoms with Crippen molar-refractivity contribution in [3.63, 3.8) is 0 Å². The van der Waals surface area contributed by atoms with E-state index in [0.717, 1.165) is 29.7 Å². The van der Waals surface area contributed by atoms with Crippen molar-refractivity contribution in [3.05, 3.63) is 51.9 Å². The molecule has 4 N–H and O–H groups in total. The first-order chi connectivity index (χ1) is 11.2. The van der Waals surface area contributed by atoms with Gasteiger partial charge in [-0.1, -0.05) is 31.5 Å². The molecule has 23 heavy (non-hydrogen) atoms. The minimum atomic E-state index is -0.258. The number of hydrogen-bond donors (Lipinski definition) is 3. The zero-order chi connectivity index (χ0) is 16.2. The highest BCUT2D eigenvalue weighted by molar-refractivity contribution is 5.79. The monoisotopic (exact) mass is 312 g/mol. The molecule has 6 nitrogen and oxygen atoms in total. The lowest BCUT2D eigenvalue weighted by atomic mass is 10.1. The zero-order valence-corrected chi connectivity index (χ0v) is 13.1. The molecule has 0 fully saturated rings. The van der Waals surface area contributed by atoms with Crippen molar-refractivity contribution in [3.8, 4) is 5.75 Å². The van der Waals surface area contributed by atoms with Crippen LogP contribution in [0.15, 0.2) is 35.3 Å². The predicted octanol–water partition coefficient (Wildman–Crippen LogP) is 2.60. The van der Waals surface area contributed by atoms with Crippen molar-refractivity contribution in [1.82, 2.24) is 15.0 Å². The van der Waals surface area contributed by atoms with Gasteiger partial charge in [0.05, 0.1) is 6.61 Å². The molecule has 0 amide bonds. The standard InChI is InChI=1S/C17H20N4O2/c1-2-3-8-23-13-7-5-4-6-11(13)9-12-10-19-15-14(12)20-17(18)21-16(15)22/h4-7,10,19H,2-3,8-9H2,1H3,(H3,18,20,21,22). The van der Waals surface area contributed by atoms with Gasteiger partial charge in [-0.2, -0.15) is 0 Å². The topological polar surface area (TPSA) is 96.8 Å². The number of ether oxygens (including phenoxy) is 1. The van der Waals surface area contributed by atoms with Crippen LogP contribution in [0, 0.1) is 0 Å². The molecule has 2 heterocycles. The Morgan fingerprint density at radius 1 is 1.26 bits per heavy atom. The van der Waals surface area contributed by atoms with Crippen LogP contribution in [0.3, 0.4) is 0 Å². The minimum Gasteiger partial charge on any atom is -0.493 e. The summed E-state index contributed by atoms with van der Waals surface area (Å²) in [5.41, 5.74) is 8.42. The highest BCUT2D eigenvalue weighted by Gasteiger charge is 2.12. The van der Waals surface area contributed by atoms with Crippen LogP contribution < -0.4 is 16.0 Å². The summed E-state index contributed by atoms with van der Waals surface area (Å²) in [7, 11) is 0. The number of hydrogen-bond acceptors (Lipinski definition) is 4. The van der Waals surface area contributed by atoms with Gasteiger partial charge in [0.1, 0.15) is 16.8 Å². The van der Waals surface area contributed by atoms with E-state index < -0.39 is 0 Å². The number of nitrogen functional groups attached to an aromatic ring is 1. The van der Waals surface area contributed by atoms with E-state index in [0.29, 0.717) is 24.1 Å². The van der Waals surface area contributed by atoms with Crippen LogP contribution in [0.5, 0.6) is 5.75 Å². The second-order valence-electron chi connectivity index (χ2n) is 5.48. The molecule has 0 atom stereocenters. The van der Waals surface area contributed by atoms with Crippen LogP contribution in [0.2, 0.25) is 0 Å². The summed E-state index contributed by atoms with van der Waals surface area (Å²) >= 11 is 0. The van der Waals surface area contributed by atoms with Gasteiger partial charge in [0.15, 0.2) is 0 Å². The SMILES string of the molecule is CCCCOc1ccccc1Cc1c[nH]c2c(=O)[nH]c(N)nc12. The Morgan fingerprint density at radius 2 is 2.09 bits per heavy atom. The number of fused-ring (bicyclic) bond motifs is 1. The molecule has 0 aliphatic rings. The lowest BCUT2D eigenvalue weighted by Gasteiger charge is -2.10. The second-order valence-corrected chi connectivity index (χ2v) is 5.48. The fourth-order valence-electron chi connectivity index (χ4n) is 2.54. The summed E-state index contributed by atoms with van der Waals surface area (Å²) in [5.74, 6) is 0.990. The van der Waals surface area contributed by atoms with Gasteiger partial charge in [-0.25, -0.2) is 4.98 Å². The Balaban J connectivity index is 1.92. The first-order valence-corrected chi connectivity index (χ1v) is 7.75. The summed E-state index contributed by atoms with van der Waals surface area (Å²) in [5, 5.41) is 0. The zero-order valence-electron chi connectivity index (χ0n) is 13.1. The second kappa shape index (κ2) is 6.56. The maximum atomic E-state index is 11.9. The average Bonchev–Trinajstić information content (AvgIpc) is 2.92. The third kappa shape index (κ3) is 3.21. The highest BCUT2D eigenvalue weighted by atomic mass is 16.5. The predicted molar refractivity (Wildman–Crippen MR) is 90.8 cm³/mol. The summed E-state index contributed by atoms with van der Waals surface area (Å²) < 4.78 is 5.86. The largest absolute Gasteiger partial charge is 0.493 e. The van der Waals surface area contributed by atoms with E-state index in [1.807, 2.05) is 24.3 Å². The Morgan fingerprint density at radius 3 is 2.91 bits per heavy atom. The number of benzene rings is 1. The van der Waals surface area contributed by atoms with Gasteiger partial charge >= 0.3 is 0 Å². The number of nitrogens with two attached hydrogens (primary N) is 1. The molecule has 120 valence electrons. The van der Waals surface area contributed by atoms with Gasteiger partial charge < -0.3 is 15.5 Å². The Labute approximate surface area is 133 Å². The van der Waals surface area contributed by atoms with Crippen LogP contribution in [0.4, 0.5) is 5.95 Å². The van der Waals surface area contributed by atoms with Crippen LogP contribution in [-0.2, 0) is 6.42 Å². The van der Waals surface area contributed by atoms with Crippen molar-refractivity contribution < 1.29 is 4.74 Å². The smallest absolute Gasteiger partial charge is 0.276 e. The van der Waals surface area contributed by atoms with Crippen LogP contribution in [0.1, 0.15) is 30.9 Å². The maximum Gasteiger partial charge on any atom is 0.276 e. The fourth-order valence-corrected chi connectivity index (χ4v) is 2.54. The molecule has 0 unspecified atom stereocenters. The van der Waals surface area contributed by atoms with Gasteiger partial charge in [-0.05, 0) is 18.1 Å². The molecular formula is C17H20N4O2. The Kier molecular flexibility index (Phi) is 4.32. The van der Waals surface area contributed by atoms with Gasteiger partial charge in [-0.15, -0.1) is 0 Å². The van der Waals surface area contributed by atoms with Crippen LogP contribution in [-0.4, -0.2) is 21.6 Å². The molecule has 3 aromatic rings. The summed E-state index contributed by atoms with van der Waals surface area (Å²) in [6, 6.07) is 7.93. The van der Waals surface area contributed by atoms with Crippen molar-refractivity contribution in [2.45, 2.75) is 26.2 Å². The molecule has 0 bridgehead atoms. The number of H-pyrrole nitrogens is 2. The summed E-state index contributed by atoms with van der Waals surface area (Å²) in [4.78, 5) is 21.6. The van der Waals surface area contributed by atoms with E-state index in [1.54, 1.807) is 6.20 Å². The molecule has 0 spiro atoms. The molecule has 2 aromatic heterocycles. The van der Waals surface area contributed by atoms with Gasteiger partial charge in [-0.3, -0.25) is 9.78 Å². The number of rotatable bonds is 6. The molecule has 1 aromatic carbocycles. The van der Waals surface area contributed by atoms with E-state index in [2.05, 4.69) is 21.9 Å². The Bertz CT molecular complexity index is 866. The first kappa shape index (κ1) is 15.1. The Hall–Kier alpha value is -2.76. The summed E-state index contributed by atoms with van der Waals surface area (Å²) in [6.07, 6.45) is 4.54. The maximum absolute atomic E-state index is 11.9. The van der Waals surface area contributed by atoms with E-state index in [1.165, 1.54) is 0 Å². The van der Waals surface area contributed by atoms with E-state index in [4.69, 9.17) is 10.5 Å². The number of nitrogens with zero attached hydrogens (tertiary/aromatic N) is 1. The normalized spacial score (nSPS) is 11.0. The van der Waals surface area contributed by atoms with E-state index in [-0.39, 0.29) is 11.5 Å². The lowest BCUT2D eigenvalue weighted by Crippen LogP contribution is -2.11. The number of aromatic amines is 2. The van der Waals surface area contributed by atoms with Crippen molar-refractivity contribution in [1.29, 1.82) is 0 Å². The molecule has 0 aliphatic heterocycles.